The average Bonchev–Trinajstić information content (AvgIpc) is 2.66. The smallest absolute Gasteiger partial charge is 0.305 e. The molecular weight excluding hydrogens is 216 g/mol. The number of esters is 1. The summed E-state index contributed by atoms with van der Waals surface area (Å²) < 4.78 is 4.69. The third kappa shape index (κ3) is 4.49. The highest BCUT2D eigenvalue weighted by Crippen LogP contribution is 2.35. The van der Waals surface area contributed by atoms with E-state index in [1.165, 1.54) is 26.4 Å². The Hall–Kier alpha value is -0.860. The van der Waals surface area contributed by atoms with Crippen molar-refractivity contribution in [3.8, 4) is 0 Å². The van der Waals surface area contributed by atoms with Gasteiger partial charge in [-0.3, -0.25) is 9.59 Å². The number of rotatable bonds is 7. The summed E-state index contributed by atoms with van der Waals surface area (Å²) >= 11 is 0. The molecule has 0 aromatic carbocycles. The fourth-order valence-corrected chi connectivity index (χ4v) is 2.71. The van der Waals surface area contributed by atoms with Crippen LogP contribution in [0.1, 0.15) is 58.3 Å². The van der Waals surface area contributed by atoms with Crippen molar-refractivity contribution in [2.45, 2.75) is 58.3 Å². The summed E-state index contributed by atoms with van der Waals surface area (Å²) in [6.45, 7) is 2.18. The maximum Gasteiger partial charge on any atom is 0.305 e. The van der Waals surface area contributed by atoms with Crippen molar-refractivity contribution in [3.63, 3.8) is 0 Å². The van der Waals surface area contributed by atoms with E-state index in [0.717, 1.165) is 19.3 Å². The molecule has 0 unspecified atom stereocenters. The SMILES string of the molecule is CCCCCC[C@H]1C(=O)CC[C@H]1CC(=O)OC. The van der Waals surface area contributed by atoms with Gasteiger partial charge in [0.2, 0.25) is 0 Å². The minimum atomic E-state index is -0.178. The zero-order chi connectivity index (χ0) is 12.7. The highest BCUT2D eigenvalue weighted by Gasteiger charge is 2.35. The van der Waals surface area contributed by atoms with Crippen LogP contribution in [0.15, 0.2) is 0 Å². The molecule has 1 rings (SSSR count). The first-order chi connectivity index (χ1) is 8.19. The Morgan fingerprint density at radius 1 is 1.35 bits per heavy atom. The van der Waals surface area contributed by atoms with Crippen LogP contribution in [-0.2, 0) is 14.3 Å². The number of hydrogen-bond acceptors (Lipinski definition) is 3. The zero-order valence-electron chi connectivity index (χ0n) is 11.0. The van der Waals surface area contributed by atoms with Gasteiger partial charge in [-0.15, -0.1) is 0 Å². The molecule has 0 saturated heterocycles. The lowest BCUT2D eigenvalue weighted by Gasteiger charge is -2.16. The number of Topliss-reactive ketones (excluding diaryl/α,β-unsaturated/α-hetero) is 1. The predicted octanol–water partition coefficient (Wildman–Crippen LogP) is 3.12. The molecule has 0 heterocycles. The molecule has 3 heteroatoms. The molecule has 1 fully saturated rings. The molecule has 17 heavy (non-hydrogen) atoms. The fourth-order valence-electron chi connectivity index (χ4n) is 2.71. The quantitative estimate of drug-likeness (QED) is 0.507. The van der Waals surface area contributed by atoms with Gasteiger partial charge in [-0.05, 0) is 18.8 Å². The molecule has 0 bridgehead atoms. The Morgan fingerprint density at radius 2 is 2.12 bits per heavy atom. The number of methoxy groups -OCH3 is 1. The maximum atomic E-state index is 11.8. The van der Waals surface area contributed by atoms with Crippen molar-refractivity contribution in [2.24, 2.45) is 11.8 Å². The normalized spacial score (nSPS) is 24.0. The van der Waals surface area contributed by atoms with Gasteiger partial charge in [0.05, 0.1) is 7.11 Å². The maximum absolute atomic E-state index is 11.8. The number of ether oxygens (including phenoxy) is 1. The summed E-state index contributed by atoms with van der Waals surface area (Å²) in [4.78, 5) is 23.0. The van der Waals surface area contributed by atoms with Crippen molar-refractivity contribution in [1.29, 1.82) is 0 Å². The van der Waals surface area contributed by atoms with E-state index < -0.39 is 0 Å². The van der Waals surface area contributed by atoms with E-state index in [1.54, 1.807) is 0 Å². The molecule has 98 valence electrons. The highest BCUT2D eigenvalue weighted by atomic mass is 16.5. The van der Waals surface area contributed by atoms with Crippen LogP contribution in [0, 0.1) is 11.8 Å². The Morgan fingerprint density at radius 3 is 2.76 bits per heavy atom. The molecule has 1 aliphatic carbocycles. The van der Waals surface area contributed by atoms with Crippen molar-refractivity contribution >= 4 is 11.8 Å². The molecule has 0 aliphatic heterocycles. The number of carbonyl (C=O) groups excluding carboxylic acids is 2. The predicted molar refractivity (Wildman–Crippen MR) is 66.6 cm³/mol. The minimum absolute atomic E-state index is 0.117. The summed E-state index contributed by atoms with van der Waals surface area (Å²) in [5.74, 6) is 0.529. The van der Waals surface area contributed by atoms with Crippen LogP contribution in [-0.4, -0.2) is 18.9 Å². The first-order valence-electron chi connectivity index (χ1n) is 6.78. The van der Waals surface area contributed by atoms with Gasteiger partial charge in [-0.2, -0.15) is 0 Å². The molecule has 1 saturated carbocycles. The first-order valence-corrected chi connectivity index (χ1v) is 6.78. The van der Waals surface area contributed by atoms with Gasteiger partial charge in [0.1, 0.15) is 5.78 Å². The van der Waals surface area contributed by atoms with Crippen LogP contribution in [0.3, 0.4) is 0 Å². The minimum Gasteiger partial charge on any atom is -0.469 e. The average molecular weight is 240 g/mol. The molecule has 0 radical (unpaired) electrons. The van der Waals surface area contributed by atoms with Crippen LogP contribution in [0.4, 0.5) is 0 Å². The van der Waals surface area contributed by atoms with E-state index in [-0.39, 0.29) is 17.8 Å². The Bertz CT molecular complexity index is 260. The lowest BCUT2D eigenvalue weighted by Crippen LogP contribution is -2.18. The van der Waals surface area contributed by atoms with E-state index in [9.17, 15) is 9.59 Å². The number of unbranched alkanes of at least 4 members (excludes halogenated alkanes) is 3. The second kappa shape index (κ2) is 7.46. The van der Waals surface area contributed by atoms with Crippen molar-refractivity contribution in [2.75, 3.05) is 7.11 Å². The van der Waals surface area contributed by atoms with Gasteiger partial charge >= 0.3 is 5.97 Å². The molecule has 0 spiro atoms. The van der Waals surface area contributed by atoms with E-state index in [1.807, 2.05) is 0 Å². The molecular formula is C14H24O3. The van der Waals surface area contributed by atoms with Gasteiger partial charge < -0.3 is 4.74 Å². The molecule has 0 aromatic heterocycles. The van der Waals surface area contributed by atoms with E-state index in [0.29, 0.717) is 18.6 Å². The van der Waals surface area contributed by atoms with Crippen LogP contribution in [0.5, 0.6) is 0 Å². The third-order valence-corrected chi connectivity index (χ3v) is 3.77. The van der Waals surface area contributed by atoms with Gasteiger partial charge in [0.25, 0.3) is 0 Å². The number of carbonyl (C=O) groups is 2. The topological polar surface area (TPSA) is 43.4 Å². The van der Waals surface area contributed by atoms with Crippen molar-refractivity contribution in [1.82, 2.24) is 0 Å². The van der Waals surface area contributed by atoms with Gasteiger partial charge in [-0.25, -0.2) is 0 Å². The summed E-state index contributed by atoms with van der Waals surface area (Å²) in [5.41, 5.74) is 0. The summed E-state index contributed by atoms with van der Waals surface area (Å²) in [7, 11) is 1.41. The van der Waals surface area contributed by atoms with Crippen molar-refractivity contribution in [3.05, 3.63) is 0 Å². The molecule has 0 amide bonds. The Balaban J connectivity index is 2.36. The lowest BCUT2D eigenvalue weighted by atomic mass is 9.88. The second-order valence-corrected chi connectivity index (χ2v) is 5.00. The number of ketones is 1. The second-order valence-electron chi connectivity index (χ2n) is 5.00. The van der Waals surface area contributed by atoms with E-state index in [2.05, 4.69) is 11.7 Å². The largest absolute Gasteiger partial charge is 0.469 e. The fraction of sp³-hybridized carbons (Fsp3) is 0.857. The standard InChI is InChI=1S/C14H24O3/c1-3-4-5-6-7-12-11(8-9-13(12)15)10-14(16)17-2/h11-12H,3-10H2,1-2H3/t11-,12+/m0/s1. The van der Waals surface area contributed by atoms with Gasteiger partial charge in [0.15, 0.2) is 0 Å². The zero-order valence-corrected chi connectivity index (χ0v) is 11.0. The van der Waals surface area contributed by atoms with E-state index in [4.69, 9.17) is 0 Å². The summed E-state index contributed by atoms with van der Waals surface area (Å²) in [6.07, 6.45) is 7.66. The summed E-state index contributed by atoms with van der Waals surface area (Å²) in [5, 5.41) is 0. The number of hydrogen-bond donors (Lipinski definition) is 0. The summed E-state index contributed by atoms with van der Waals surface area (Å²) in [6, 6.07) is 0. The van der Waals surface area contributed by atoms with Crippen LogP contribution < -0.4 is 0 Å². The van der Waals surface area contributed by atoms with Crippen LogP contribution in [0.25, 0.3) is 0 Å². The first kappa shape index (κ1) is 14.2. The molecule has 0 aromatic rings. The van der Waals surface area contributed by atoms with E-state index >= 15 is 0 Å². The highest BCUT2D eigenvalue weighted by molar-refractivity contribution is 5.84. The van der Waals surface area contributed by atoms with Gasteiger partial charge in [0, 0.05) is 18.8 Å². The van der Waals surface area contributed by atoms with Crippen molar-refractivity contribution < 1.29 is 14.3 Å². The Kier molecular flexibility index (Phi) is 6.23. The molecule has 2 atom stereocenters. The lowest BCUT2D eigenvalue weighted by molar-refractivity contribution is -0.142. The van der Waals surface area contributed by atoms with Gasteiger partial charge in [-0.1, -0.05) is 32.6 Å². The monoisotopic (exact) mass is 240 g/mol. The Labute approximate surface area is 104 Å². The van der Waals surface area contributed by atoms with Crippen LogP contribution in [0.2, 0.25) is 0 Å². The molecule has 3 nitrogen and oxygen atoms in total. The molecule has 1 aliphatic rings. The molecule has 0 N–H and O–H groups in total. The van der Waals surface area contributed by atoms with Crippen LogP contribution >= 0.6 is 0 Å². The third-order valence-electron chi connectivity index (χ3n) is 3.77.